The second-order valence-electron chi connectivity index (χ2n) is 5.05. The van der Waals surface area contributed by atoms with E-state index in [2.05, 4.69) is 102 Å². The van der Waals surface area contributed by atoms with Gasteiger partial charge in [0.2, 0.25) is 0 Å². The maximum absolute atomic E-state index is 4.59. The van der Waals surface area contributed by atoms with E-state index in [9.17, 15) is 0 Å². The third-order valence-corrected chi connectivity index (χ3v) is 4.24. The van der Waals surface area contributed by atoms with Crippen LogP contribution in [0.5, 0.6) is 0 Å². The highest BCUT2D eigenvalue weighted by molar-refractivity contribution is 8.00. The zero-order valence-electron chi connectivity index (χ0n) is 16.3. The molecule has 0 saturated carbocycles. The van der Waals surface area contributed by atoms with Gasteiger partial charge in [0.05, 0.1) is 39.3 Å². The number of hydrogen-bond acceptors (Lipinski definition) is 4. The molecular weight excluding hydrogens is 376 g/mol. The van der Waals surface area contributed by atoms with Crippen molar-refractivity contribution in [3.63, 3.8) is 0 Å². The minimum absolute atomic E-state index is 0.372. The Bertz CT molecular complexity index is 244. The lowest BCUT2D eigenvalue weighted by Gasteiger charge is -2.12. The predicted octanol–water partition coefficient (Wildman–Crippen LogP) is -0.309. The number of quaternary nitrogens is 2. The van der Waals surface area contributed by atoms with Gasteiger partial charge in [-0.2, -0.15) is 0 Å². The molecule has 8 heteroatoms. The van der Waals surface area contributed by atoms with Crippen LogP contribution in [0.3, 0.4) is 0 Å². The van der Waals surface area contributed by atoms with Crippen LogP contribution in [0.2, 0.25) is 0 Å². The molecule has 4 N–H and O–H groups in total. The minimum atomic E-state index is 0.372. The molecule has 0 unspecified atom stereocenters. The highest BCUT2D eigenvalue weighted by atomic mass is 32.1. The summed E-state index contributed by atoms with van der Waals surface area (Å²) in [4.78, 5) is 3.36. The van der Waals surface area contributed by atoms with E-state index in [0.717, 1.165) is 0 Å². The van der Waals surface area contributed by atoms with Gasteiger partial charge < -0.3 is 70.1 Å². The predicted molar refractivity (Wildman–Crippen MR) is 121 cm³/mol. The van der Waals surface area contributed by atoms with Crippen molar-refractivity contribution < 1.29 is 9.80 Å². The largest absolute Gasteiger partial charge is 0.412 e. The molecule has 4 nitrogen and oxygen atoms in total. The lowest BCUT2D eigenvalue weighted by Crippen LogP contribution is -3.11. The van der Waals surface area contributed by atoms with Gasteiger partial charge in [-0.25, -0.2) is 0 Å². The second kappa shape index (κ2) is 23.1. The number of nitrogens with one attached hydrogen (secondary N) is 4. The number of hydrogen-bond donors (Lipinski definition) is 4. The topological polar surface area (TPSA) is 32.9 Å². The van der Waals surface area contributed by atoms with Crippen LogP contribution in [-0.2, 0) is 25.3 Å². The molecule has 0 saturated heterocycles. The summed E-state index contributed by atoms with van der Waals surface area (Å²) in [7, 11) is 0. The highest BCUT2D eigenvalue weighted by Crippen LogP contribution is 1.66. The number of thiocarbonyl (C=S) groups is 2. The van der Waals surface area contributed by atoms with E-state index in [0.29, 0.717) is 21.7 Å². The van der Waals surface area contributed by atoms with Gasteiger partial charge in [-0.3, -0.25) is 0 Å². The van der Waals surface area contributed by atoms with Crippen molar-refractivity contribution in [3.05, 3.63) is 0 Å². The Balaban J connectivity index is -0.000000283. The molecule has 0 rings (SSSR count). The molecule has 0 aromatic heterocycles. The first-order valence-corrected chi connectivity index (χ1v) is 10.5. The Morgan fingerprint density at radius 2 is 0.833 bits per heavy atom. The molecule has 0 radical (unpaired) electrons. The monoisotopic (exact) mass is 414 g/mol. The molecule has 0 aromatic rings. The third kappa shape index (κ3) is 27.0. The lowest BCUT2D eigenvalue weighted by atomic mass is 10.5. The van der Waals surface area contributed by atoms with E-state index in [4.69, 9.17) is 0 Å². The zero-order chi connectivity index (χ0) is 19.4. The minimum Gasteiger partial charge on any atom is -0.412 e. The molecule has 0 spiro atoms. The summed E-state index contributed by atoms with van der Waals surface area (Å²) < 4.78 is 0.745. The van der Waals surface area contributed by atoms with Gasteiger partial charge in [-0.15, -0.1) is 0 Å². The Morgan fingerprint density at radius 3 is 0.917 bits per heavy atom. The molecule has 0 atom stereocenters. The average molecular weight is 415 g/mol. The summed E-state index contributed by atoms with van der Waals surface area (Å²) >= 11 is 18.4. The van der Waals surface area contributed by atoms with E-state index in [-0.39, 0.29) is 0 Å². The molecule has 0 aliphatic heterocycles. The fourth-order valence-corrected chi connectivity index (χ4v) is 2.24. The first-order valence-electron chi connectivity index (χ1n) is 8.89. The van der Waals surface area contributed by atoms with E-state index in [1.54, 1.807) is 9.80 Å². The van der Waals surface area contributed by atoms with Crippen molar-refractivity contribution in [2.24, 2.45) is 0 Å². The summed E-state index contributed by atoms with van der Waals surface area (Å²) in [5, 5.41) is 5.56. The lowest BCUT2D eigenvalue weighted by molar-refractivity contribution is -0.894. The van der Waals surface area contributed by atoms with Crippen molar-refractivity contribution >= 4 is 58.3 Å². The molecular formula is C16H38N4S4. The molecule has 0 bridgehead atoms. The molecule has 0 fully saturated rings. The van der Waals surface area contributed by atoms with Gasteiger partial charge in [0.15, 0.2) is 0 Å². The molecule has 0 aliphatic carbocycles. The first-order chi connectivity index (χ1) is 11.3. The standard InChI is InChI=1S/2C6H15N.C4H8N2S4/c2*1-4-7(5-2)6-3;7-3(8)5-1-2-6-4(9)10/h2*4-6H2,1-3H3;1-2H2,(H2,5,7,8)(H2,6,9,10). The molecule has 0 aromatic carbocycles. The van der Waals surface area contributed by atoms with E-state index in [1.165, 1.54) is 39.3 Å². The van der Waals surface area contributed by atoms with Gasteiger partial charge in [0.1, 0.15) is 0 Å². The van der Waals surface area contributed by atoms with Gasteiger partial charge in [-0.05, 0) is 41.5 Å². The van der Waals surface area contributed by atoms with Crippen LogP contribution in [0.25, 0.3) is 0 Å². The molecule has 0 heterocycles. The fourth-order valence-electron chi connectivity index (χ4n) is 1.83. The Kier molecular flexibility index (Phi) is 27.9. The SMILES string of the molecule is CC[NH+](CC)CC.CC[NH+](CC)CC.S=C([S-])NCCNC(=S)[S-]. The third-order valence-electron chi connectivity index (χ3n) is 3.66. The first kappa shape index (κ1) is 28.9. The Hall–Kier alpha value is 0.140. The van der Waals surface area contributed by atoms with Gasteiger partial charge in [0, 0.05) is 13.1 Å². The average Bonchev–Trinajstić information content (AvgIpc) is 2.56. The van der Waals surface area contributed by atoms with Crippen LogP contribution in [0.15, 0.2) is 0 Å². The van der Waals surface area contributed by atoms with Crippen LogP contribution >= 0.6 is 24.4 Å². The van der Waals surface area contributed by atoms with Crippen molar-refractivity contribution in [2.75, 3.05) is 52.4 Å². The summed E-state index contributed by atoms with van der Waals surface area (Å²) in [5.41, 5.74) is 0. The van der Waals surface area contributed by atoms with Crippen LogP contribution in [0.1, 0.15) is 41.5 Å². The fraction of sp³-hybridized carbons (Fsp3) is 0.875. The summed E-state index contributed by atoms with van der Waals surface area (Å²) in [5.74, 6) is 0. The van der Waals surface area contributed by atoms with Crippen molar-refractivity contribution in [2.45, 2.75) is 41.5 Å². The van der Waals surface area contributed by atoms with Gasteiger partial charge >= 0.3 is 0 Å². The molecule has 24 heavy (non-hydrogen) atoms. The quantitative estimate of drug-likeness (QED) is 0.235. The van der Waals surface area contributed by atoms with Crippen molar-refractivity contribution in [1.82, 2.24) is 10.6 Å². The molecule has 0 amide bonds. The van der Waals surface area contributed by atoms with E-state index in [1.807, 2.05) is 0 Å². The maximum atomic E-state index is 4.59. The second-order valence-corrected chi connectivity index (χ2v) is 7.20. The van der Waals surface area contributed by atoms with E-state index < -0.39 is 0 Å². The van der Waals surface area contributed by atoms with Gasteiger partial charge in [0.25, 0.3) is 0 Å². The number of rotatable bonds is 9. The van der Waals surface area contributed by atoms with Gasteiger partial charge in [-0.1, -0.05) is 8.64 Å². The highest BCUT2D eigenvalue weighted by Gasteiger charge is 1.93. The van der Waals surface area contributed by atoms with Crippen LogP contribution in [0, 0.1) is 0 Å². The Labute approximate surface area is 172 Å². The van der Waals surface area contributed by atoms with Crippen molar-refractivity contribution in [1.29, 1.82) is 0 Å². The zero-order valence-corrected chi connectivity index (χ0v) is 19.6. The summed E-state index contributed by atoms with van der Waals surface area (Å²) in [6.45, 7) is 22.3. The van der Waals surface area contributed by atoms with Crippen LogP contribution in [-0.4, -0.2) is 61.0 Å². The summed E-state index contributed by atoms with van der Waals surface area (Å²) in [6, 6.07) is 0. The van der Waals surface area contributed by atoms with Crippen LogP contribution in [0.4, 0.5) is 0 Å². The summed E-state index contributed by atoms with van der Waals surface area (Å²) in [6.07, 6.45) is 0. The maximum Gasteiger partial charge on any atom is 0.0742 e. The Morgan fingerprint density at radius 1 is 0.625 bits per heavy atom. The smallest absolute Gasteiger partial charge is 0.0742 e. The van der Waals surface area contributed by atoms with E-state index >= 15 is 0 Å². The van der Waals surface area contributed by atoms with Crippen LogP contribution < -0.4 is 20.4 Å². The molecule has 0 aliphatic rings. The normalized spacial score (nSPS) is 9.50. The van der Waals surface area contributed by atoms with Crippen molar-refractivity contribution in [3.8, 4) is 0 Å². The molecule has 146 valence electrons.